The van der Waals surface area contributed by atoms with Crippen LogP contribution >= 0.6 is 0 Å². The monoisotopic (exact) mass is 360 g/mol. The Hall–Kier alpha value is -1.52. The van der Waals surface area contributed by atoms with Crippen LogP contribution in [0.15, 0.2) is 12.2 Å². The van der Waals surface area contributed by atoms with E-state index in [1.165, 1.54) is 6.92 Å². The number of amides is 2. The minimum absolute atomic E-state index is 0.198. The van der Waals surface area contributed by atoms with Gasteiger partial charge in [0.05, 0.1) is 38.6 Å². The van der Waals surface area contributed by atoms with Gasteiger partial charge in [0, 0.05) is 25.5 Å². The van der Waals surface area contributed by atoms with Gasteiger partial charge in [-0.25, -0.2) is 0 Å². The summed E-state index contributed by atoms with van der Waals surface area (Å²) in [5.74, 6) is -0.483. The summed E-state index contributed by atoms with van der Waals surface area (Å²) < 4.78 is 16.4. The molecule has 0 spiro atoms. The van der Waals surface area contributed by atoms with E-state index >= 15 is 0 Å². The van der Waals surface area contributed by atoms with Crippen LogP contribution in [-0.4, -0.2) is 79.5 Å². The van der Waals surface area contributed by atoms with Gasteiger partial charge in [-0.3, -0.25) is 9.59 Å². The molecule has 0 bridgehead atoms. The Balaban J connectivity index is 2.28. The van der Waals surface area contributed by atoms with Crippen molar-refractivity contribution in [1.29, 1.82) is 0 Å². The molecule has 0 aromatic carbocycles. The highest BCUT2D eigenvalue weighted by Gasteiger charge is 2.37. The highest BCUT2D eigenvalue weighted by molar-refractivity contribution is 5.92. The number of hydrogen-bond donors (Lipinski definition) is 4. The van der Waals surface area contributed by atoms with Gasteiger partial charge in [-0.05, 0) is 6.92 Å². The summed E-state index contributed by atoms with van der Waals surface area (Å²) in [6.07, 6.45) is -2.19. The van der Waals surface area contributed by atoms with Crippen LogP contribution < -0.4 is 10.6 Å². The zero-order valence-corrected chi connectivity index (χ0v) is 14.7. The van der Waals surface area contributed by atoms with Crippen molar-refractivity contribution in [2.75, 3.05) is 33.0 Å². The van der Waals surface area contributed by atoms with Crippen molar-refractivity contribution < 1.29 is 34.0 Å². The van der Waals surface area contributed by atoms with E-state index in [1.54, 1.807) is 6.92 Å². The van der Waals surface area contributed by atoms with Crippen LogP contribution in [0, 0.1) is 0 Å². The highest BCUT2D eigenvalue weighted by Crippen LogP contribution is 2.21. The Bertz CT molecular complexity index is 458. The fraction of sp³-hybridized carbons (Fsp3) is 0.750. The third kappa shape index (κ3) is 7.93. The predicted molar refractivity (Wildman–Crippen MR) is 88.6 cm³/mol. The van der Waals surface area contributed by atoms with Gasteiger partial charge in [0.15, 0.2) is 6.29 Å². The summed E-state index contributed by atoms with van der Waals surface area (Å²) in [6, 6.07) is -0.509. The topological polar surface area (TPSA) is 126 Å². The second-order valence-corrected chi connectivity index (χ2v) is 5.85. The maximum atomic E-state index is 11.3. The second-order valence-electron chi connectivity index (χ2n) is 5.85. The molecule has 0 saturated carbocycles. The molecule has 1 aliphatic rings. The Labute approximate surface area is 147 Å². The molecule has 0 unspecified atom stereocenters. The first kappa shape index (κ1) is 21.5. The third-order valence-electron chi connectivity index (χ3n) is 3.56. The third-order valence-corrected chi connectivity index (χ3v) is 3.56. The van der Waals surface area contributed by atoms with E-state index in [1.807, 2.05) is 0 Å². The van der Waals surface area contributed by atoms with Crippen molar-refractivity contribution in [3.8, 4) is 0 Å². The maximum absolute atomic E-state index is 11.3. The SMILES string of the molecule is C=C(C)C(=O)NCCOCCO[C@@H]1O[C@H](CO)[C@H](O)C[C@H]1NC(C)=O. The van der Waals surface area contributed by atoms with Crippen molar-refractivity contribution >= 4 is 11.8 Å². The molecule has 4 N–H and O–H groups in total. The van der Waals surface area contributed by atoms with Gasteiger partial charge in [-0.1, -0.05) is 6.58 Å². The van der Waals surface area contributed by atoms with Crippen LogP contribution in [0.3, 0.4) is 0 Å². The number of hydrogen-bond acceptors (Lipinski definition) is 7. The Kier molecular flexibility index (Phi) is 9.61. The molecule has 1 aliphatic heterocycles. The number of ether oxygens (including phenoxy) is 3. The lowest BCUT2D eigenvalue weighted by atomic mass is 10.0. The van der Waals surface area contributed by atoms with Crippen molar-refractivity contribution in [3.63, 3.8) is 0 Å². The predicted octanol–water partition coefficient (Wildman–Crippen LogP) is -1.32. The molecule has 9 heteroatoms. The van der Waals surface area contributed by atoms with Crippen LogP contribution in [0.25, 0.3) is 0 Å². The van der Waals surface area contributed by atoms with Crippen LogP contribution in [0.5, 0.6) is 0 Å². The fourth-order valence-electron chi connectivity index (χ4n) is 2.30. The van der Waals surface area contributed by atoms with Crippen molar-refractivity contribution in [3.05, 3.63) is 12.2 Å². The Morgan fingerprint density at radius 3 is 2.60 bits per heavy atom. The van der Waals surface area contributed by atoms with Gasteiger partial charge < -0.3 is 35.1 Å². The van der Waals surface area contributed by atoms with Gasteiger partial charge in [0.25, 0.3) is 0 Å². The van der Waals surface area contributed by atoms with E-state index in [-0.39, 0.29) is 38.1 Å². The first-order chi connectivity index (χ1) is 11.8. The van der Waals surface area contributed by atoms with E-state index in [0.717, 1.165) is 0 Å². The van der Waals surface area contributed by atoms with Crippen LogP contribution in [0.4, 0.5) is 0 Å². The molecule has 1 fully saturated rings. The summed E-state index contributed by atoms with van der Waals surface area (Å²) in [7, 11) is 0. The van der Waals surface area contributed by atoms with E-state index in [0.29, 0.717) is 18.7 Å². The quantitative estimate of drug-likeness (QED) is 0.281. The number of carbonyl (C=O) groups is 2. The molecule has 0 aromatic heterocycles. The number of aliphatic hydroxyl groups is 2. The maximum Gasteiger partial charge on any atom is 0.246 e. The average molecular weight is 360 g/mol. The number of aliphatic hydroxyl groups excluding tert-OH is 2. The number of carbonyl (C=O) groups excluding carboxylic acids is 2. The number of nitrogens with one attached hydrogen (secondary N) is 2. The fourth-order valence-corrected chi connectivity index (χ4v) is 2.30. The first-order valence-corrected chi connectivity index (χ1v) is 8.19. The molecule has 0 aliphatic carbocycles. The highest BCUT2D eigenvalue weighted by atomic mass is 16.7. The number of rotatable bonds is 10. The van der Waals surface area contributed by atoms with E-state index < -0.39 is 24.5 Å². The van der Waals surface area contributed by atoms with Crippen LogP contribution in [0.2, 0.25) is 0 Å². The minimum Gasteiger partial charge on any atom is -0.394 e. The first-order valence-electron chi connectivity index (χ1n) is 8.19. The Morgan fingerprint density at radius 2 is 2.00 bits per heavy atom. The lowest BCUT2D eigenvalue weighted by molar-refractivity contribution is -0.244. The van der Waals surface area contributed by atoms with Gasteiger partial charge >= 0.3 is 0 Å². The zero-order valence-electron chi connectivity index (χ0n) is 14.7. The molecule has 144 valence electrons. The summed E-state index contributed by atoms with van der Waals surface area (Å²) in [6.45, 7) is 7.32. The van der Waals surface area contributed by atoms with E-state index in [9.17, 15) is 19.8 Å². The molecule has 2 amide bonds. The van der Waals surface area contributed by atoms with Gasteiger partial charge in [-0.15, -0.1) is 0 Å². The normalized spacial score (nSPS) is 26.1. The van der Waals surface area contributed by atoms with Crippen molar-refractivity contribution in [1.82, 2.24) is 10.6 Å². The van der Waals surface area contributed by atoms with Crippen molar-refractivity contribution in [2.45, 2.75) is 44.8 Å². The van der Waals surface area contributed by atoms with E-state index in [4.69, 9.17) is 14.2 Å². The van der Waals surface area contributed by atoms with E-state index in [2.05, 4.69) is 17.2 Å². The molecule has 0 aromatic rings. The minimum atomic E-state index is -0.880. The lowest BCUT2D eigenvalue weighted by Gasteiger charge is -2.38. The van der Waals surface area contributed by atoms with Gasteiger partial charge in [0.1, 0.15) is 6.10 Å². The smallest absolute Gasteiger partial charge is 0.246 e. The summed E-state index contributed by atoms with van der Waals surface area (Å²) in [5.41, 5.74) is 0.433. The molecule has 9 nitrogen and oxygen atoms in total. The van der Waals surface area contributed by atoms with Gasteiger partial charge in [0.2, 0.25) is 11.8 Å². The summed E-state index contributed by atoms with van der Waals surface area (Å²) in [4.78, 5) is 22.5. The molecule has 4 atom stereocenters. The average Bonchev–Trinajstić information content (AvgIpc) is 2.54. The zero-order chi connectivity index (χ0) is 18.8. The molecule has 0 radical (unpaired) electrons. The molecular weight excluding hydrogens is 332 g/mol. The molecule has 1 heterocycles. The second kappa shape index (κ2) is 11.2. The molecule has 1 rings (SSSR count). The lowest BCUT2D eigenvalue weighted by Crippen LogP contribution is -2.56. The molecular formula is C16H28N2O7. The Morgan fingerprint density at radius 1 is 1.28 bits per heavy atom. The molecule has 25 heavy (non-hydrogen) atoms. The largest absolute Gasteiger partial charge is 0.394 e. The van der Waals surface area contributed by atoms with Crippen LogP contribution in [0.1, 0.15) is 20.3 Å². The van der Waals surface area contributed by atoms with Crippen LogP contribution in [-0.2, 0) is 23.8 Å². The van der Waals surface area contributed by atoms with Gasteiger partial charge in [-0.2, -0.15) is 0 Å². The molecule has 1 saturated heterocycles. The summed E-state index contributed by atoms with van der Waals surface area (Å²) in [5, 5.41) is 24.4. The summed E-state index contributed by atoms with van der Waals surface area (Å²) >= 11 is 0. The standard InChI is InChI=1S/C16H28N2O7/c1-10(2)15(22)17-4-5-23-6-7-24-16-12(18-11(3)20)8-13(21)14(9-19)25-16/h12-14,16,19,21H,1,4-9H2,2-3H3,(H,17,22)(H,18,20)/t12-,13-,14-,16-/m1/s1. The van der Waals surface area contributed by atoms with Crippen molar-refractivity contribution in [2.24, 2.45) is 0 Å².